The molecule has 3 aromatic rings. The molecule has 0 fully saturated rings. The summed E-state index contributed by atoms with van der Waals surface area (Å²) < 4.78 is 0. The third-order valence-corrected chi connectivity index (χ3v) is 4.37. The van der Waals surface area contributed by atoms with E-state index in [1.807, 2.05) is 19.1 Å². The summed E-state index contributed by atoms with van der Waals surface area (Å²) in [4.78, 5) is 24.3. The van der Waals surface area contributed by atoms with Gasteiger partial charge < -0.3 is 10.4 Å². The number of benzene rings is 1. The van der Waals surface area contributed by atoms with Gasteiger partial charge in [-0.15, -0.1) is 0 Å². The van der Waals surface area contributed by atoms with Gasteiger partial charge in [0.1, 0.15) is 5.82 Å². The molecule has 0 spiro atoms. The largest absolute Gasteiger partial charge is 0.341 e. The highest BCUT2D eigenvalue weighted by Gasteiger charge is 2.26. The van der Waals surface area contributed by atoms with Gasteiger partial charge in [-0.2, -0.15) is 0 Å². The summed E-state index contributed by atoms with van der Waals surface area (Å²) >= 11 is 6.09. The molecule has 0 aliphatic rings. The zero-order valence-corrected chi connectivity index (χ0v) is 14.4. The molecule has 2 aromatic heterocycles. The quantitative estimate of drug-likeness (QED) is 0.505. The predicted molar refractivity (Wildman–Crippen MR) is 98.4 cm³/mol. The molecule has 126 valence electrons. The number of ketones is 1. The SMILES string of the molecule is CCC(C(=N)C(=O)c1ccccc1Cl)c1ncc(-c2ccncc2)[nH]1. The van der Waals surface area contributed by atoms with Gasteiger partial charge in [-0.3, -0.25) is 9.78 Å². The number of carbonyl (C=O) groups excluding carboxylic acids is 1. The second-order valence-electron chi connectivity index (χ2n) is 5.60. The maximum absolute atomic E-state index is 12.7. The Morgan fingerprint density at radius 1 is 1.24 bits per heavy atom. The highest BCUT2D eigenvalue weighted by molar-refractivity contribution is 6.49. The highest BCUT2D eigenvalue weighted by Crippen LogP contribution is 2.25. The Balaban J connectivity index is 1.88. The van der Waals surface area contributed by atoms with E-state index in [0.717, 1.165) is 11.3 Å². The van der Waals surface area contributed by atoms with E-state index in [0.29, 0.717) is 22.8 Å². The van der Waals surface area contributed by atoms with Gasteiger partial charge in [-0.25, -0.2) is 4.98 Å². The minimum Gasteiger partial charge on any atom is -0.341 e. The Morgan fingerprint density at radius 2 is 1.96 bits per heavy atom. The molecule has 1 aromatic carbocycles. The lowest BCUT2D eigenvalue weighted by Crippen LogP contribution is -2.22. The van der Waals surface area contributed by atoms with E-state index in [9.17, 15) is 4.79 Å². The molecule has 0 aliphatic carbocycles. The first-order valence-electron chi connectivity index (χ1n) is 7.94. The Morgan fingerprint density at radius 3 is 2.64 bits per heavy atom. The molecular weight excluding hydrogens is 336 g/mol. The van der Waals surface area contributed by atoms with Crippen molar-refractivity contribution in [3.63, 3.8) is 0 Å². The van der Waals surface area contributed by atoms with Gasteiger partial charge >= 0.3 is 0 Å². The third kappa shape index (κ3) is 3.51. The van der Waals surface area contributed by atoms with E-state index >= 15 is 0 Å². The Labute approximate surface area is 150 Å². The lowest BCUT2D eigenvalue weighted by molar-refractivity contribution is 0.106. The van der Waals surface area contributed by atoms with Crippen molar-refractivity contribution in [3.05, 3.63) is 71.4 Å². The monoisotopic (exact) mass is 352 g/mol. The first-order chi connectivity index (χ1) is 12.1. The van der Waals surface area contributed by atoms with Crippen LogP contribution in [0, 0.1) is 5.41 Å². The minimum absolute atomic E-state index is 0.0220. The Bertz CT molecular complexity index is 905. The second kappa shape index (κ2) is 7.40. The molecule has 0 saturated heterocycles. The molecule has 1 atom stereocenters. The maximum Gasteiger partial charge on any atom is 0.208 e. The molecule has 5 nitrogen and oxygen atoms in total. The summed E-state index contributed by atoms with van der Waals surface area (Å²) in [6.07, 6.45) is 5.70. The number of halogens is 1. The van der Waals surface area contributed by atoms with Crippen LogP contribution in [0.25, 0.3) is 11.3 Å². The van der Waals surface area contributed by atoms with Crippen molar-refractivity contribution < 1.29 is 4.79 Å². The number of nitrogens with zero attached hydrogens (tertiary/aromatic N) is 2. The van der Waals surface area contributed by atoms with Crippen molar-refractivity contribution in [2.24, 2.45) is 0 Å². The summed E-state index contributed by atoms with van der Waals surface area (Å²) in [5.74, 6) is -0.196. The van der Waals surface area contributed by atoms with Gasteiger partial charge in [0.2, 0.25) is 5.78 Å². The predicted octanol–water partition coefficient (Wildman–Crippen LogP) is 4.52. The van der Waals surface area contributed by atoms with Gasteiger partial charge in [0.25, 0.3) is 0 Å². The van der Waals surface area contributed by atoms with E-state index in [4.69, 9.17) is 17.0 Å². The van der Waals surface area contributed by atoms with E-state index in [-0.39, 0.29) is 11.5 Å². The first kappa shape index (κ1) is 17.0. The molecule has 0 amide bonds. The molecule has 2 N–H and O–H groups in total. The van der Waals surface area contributed by atoms with Crippen LogP contribution in [0.15, 0.2) is 55.0 Å². The lowest BCUT2D eigenvalue weighted by atomic mass is 9.93. The second-order valence-corrected chi connectivity index (χ2v) is 6.01. The van der Waals surface area contributed by atoms with Crippen LogP contribution in [0.4, 0.5) is 0 Å². The summed E-state index contributed by atoms with van der Waals surface area (Å²) in [6, 6.07) is 10.5. The normalized spacial score (nSPS) is 11.9. The average molecular weight is 353 g/mol. The van der Waals surface area contributed by atoms with Crippen LogP contribution in [-0.4, -0.2) is 26.4 Å². The summed E-state index contributed by atoms with van der Waals surface area (Å²) in [5.41, 5.74) is 2.10. The van der Waals surface area contributed by atoms with Crippen LogP contribution in [0.2, 0.25) is 5.02 Å². The number of carbonyl (C=O) groups is 1. The number of aromatic nitrogens is 3. The van der Waals surface area contributed by atoms with E-state index in [1.165, 1.54) is 0 Å². The van der Waals surface area contributed by atoms with Gasteiger partial charge in [0.15, 0.2) is 0 Å². The third-order valence-electron chi connectivity index (χ3n) is 4.04. The molecule has 1 unspecified atom stereocenters. The molecule has 2 heterocycles. The van der Waals surface area contributed by atoms with Gasteiger partial charge in [-0.05, 0) is 30.7 Å². The van der Waals surface area contributed by atoms with Crippen LogP contribution in [0.1, 0.15) is 35.4 Å². The number of rotatable bonds is 6. The highest BCUT2D eigenvalue weighted by atomic mass is 35.5. The number of pyridine rings is 1. The fourth-order valence-corrected chi connectivity index (χ4v) is 2.90. The molecule has 0 saturated carbocycles. The van der Waals surface area contributed by atoms with Crippen molar-refractivity contribution in [3.8, 4) is 11.3 Å². The van der Waals surface area contributed by atoms with Crippen LogP contribution < -0.4 is 0 Å². The minimum atomic E-state index is -0.417. The van der Waals surface area contributed by atoms with Crippen molar-refractivity contribution in [2.75, 3.05) is 0 Å². The van der Waals surface area contributed by atoms with Crippen molar-refractivity contribution in [2.45, 2.75) is 19.3 Å². The van der Waals surface area contributed by atoms with Crippen LogP contribution >= 0.6 is 11.6 Å². The topological polar surface area (TPSA) is 82.5 Å². The van der Waals surface area contributed by atoms with Crippen molar-refractivity contribution in [1.82, 2.24) is 15.0 Å². The molecule has 6 heteroatoms. The van der Waals surface area contributed by atoms with E-state index < -0.39 is 5.92 Å². The fourth-order valence-electron chi connectivity index (χ4n) is 2.67. The zero-order chi connectivity index (χ0) is 17.8. The van der Waals surface area contributed by atoms with Crippen LogP contribution in [0.5, 0.6) is 0 Å². The van der Waals surface area contributed by atoms with Gasteiger partial charge in [0, 0.05) is 23.5 Å². The van der Waals surface area contributed by atoms with Crippen molar-refractivity contribution >= 4 is 23.1 Å². The number of Topliss-reactive ketones (excluding diaryl/α,β-unsaturated/α-hetero) is 1. The molecule has 25 heavy (non-hydrogen) atoms. The van der Waals surface area contributed by atoms with E-state index in [1.54, 1.807) is 42.9 Å². The smallest absolute Gasteiger partial charge is 0.208 e. The van der Waals surface area contributed by atoms with Gasteiger partial charge in [0.05, 0.1) is 28.5 Å². The number of hydrogen-bond donors (Lipinski definition) is 2. The average Bonchev–Trinajstić information content (AvgIpc) is 3.12. The maximum atomic E-state index is 12.7. The van der Waals surface area contributed by atoms with Crippen molar-refractivity contribution in [1.29, 1.82) is 5.41 Å². The number of hydrogen-bond acceptors (Lipinski definition) is 4. The van der Waals surface area contributed by atoms with E-state index in [2.05, 4.69) is 15.0 Å². The Kier molecular flexibility index (Phi) is 5.05. The number of H-pyrrole nitrogens is 1. The lowest BCUT2D eigenvalue weighted by Gasteiger charge is -2.13. The van der Waals surface area contributed by atoms with Crippen LogP contribution in [-0.2, 0) is 0 Å². The zero-order valence-electron chi connectivity index (χ0n) is 13.7. The molecular formula is C19H17ClN4O. The standard InChI is InChI=1S/C19H17ClN4O/c1-2-13(17(21)18(25)14-5-3-4-6-15(14)20)19-23-11-16(24-19)12-7-9-22-10-8-12/h3-11,13,21H,2H2,1H3,(H,23,24). The molecule has 0 bridgehead atoms. The summed E-state index contributed by atoms with van der Waals surface area (Å²) in [6.45, 7) is 1.92. The number of aromatic amines is 1. The molecule has 3 rings (SSSR count). The van der Waals surface area contributed by atoms with Gasteiger partial charge in [-0.1, -0.05) is 30.7 Å². The summed E-state index contributed by atoms with van der Waals surface area (Å²) in [5, 5.41) is 8.71. The Hall–Kier alpha value is -2.79. The number of nitrogens with one attached hydrogen (secondary N) is 2. The fraction of sp³-hybridized carbons (Fsp3) is 0.158. The number of imidazole rings is 1. The molecule has 0 radical (unpaired) electrons. The molecule has 0 aliphatic heterocycles. The summed E-state index contributed by atoms with van der Waals surface area (Å²) in [7, 11) is 0. The van der Waals surface area contributed by atoms with Crippen LogP contribution in [0.3, 0.4) is 0 Å². The first-order valence-corrected chi connectivity index (χ1v) is 8.32.